The number of hydrogen-bond acceptors (Lipinski definition) is 8. The van der Waals surface area contributed by atoms with Gasteiger partial charge in [0.15, 0.2) is 11.5 Å². The molecule has 41 heavy (non-hydrogen) atoms. The molecule has 1 aliphatic heterocycles. The number of thioether (sulfide) groups is 1. The summed E-state index contributed by atoms with van der Waals surface area (Å²) in [4.78, 5) is 38.9. The van der Waals surface area contributed by atoms with Crippen molar-refractivity contribution < 1.29 is 31.7 Å². The molecule has 1 fully saturated rings. The zero-order chi connectivity index (χ0) is 29.1. The average Bonchev–Trinajstić information content (AvgIpc) is 3.21. The molecule has 0 radical (unpaired) electrons. The fourth-order valence-electron chi connectivity index (χ4n) is 4.19. The number of aryl methyl sites for hydroxylation is 1. The number of imide groups is 1. The van der Waals surface area contributed by atoms with Crippen molar-refractivity contribution in [2.75, 3.05) is 19.0 Å². The van der Waals surface area contributed by atoms with Crippen LogP contribution in [0.4, 0.5) is 10.5 Å². The number of carbonyl (C=O) groups is 3. The van der Waals surface area contributed by atoms with Gasteiger partial charge in [0.2, 0.25) is 5.91 Å². The molecular weight excluding hydrogens is 564 g/mol. The van der Waals surface area contributed by atoms with E-state index in [4.69, 9.17) is 8.92 Å². The number of nitrogens with one attached hydrogen (secondary N) is 1. The second-order valence-corrected chi connectivity index (χ2v) is 11.6. The molecule has 0 aromatic heterocycles. The minimum Gasteiger partial charge on any atom is -0.493 e. The van der Waals surface area contributed by atoms with E-state index in [-0.39, 0.29) is 21.3 Å². The van der Waals surface area contributed by atoms with Crippen LogP contribution in [0.15, 0.2) is 94.7 Å². The summed E-state index contributed by atoms with van der Waals surface area (Å²) in [5, 5.41) is 3.37. The van der Waals surface area contributed by atoms with Crippen molar-refractivity contribution >= 4 is 61.5 Å². The van der Waals surface area contributed by atoms with Crippen LogP contribution in [-0.4, -0.2) is 44.0 Å². The number of carbonyl (C=O) groups excluding carboxylic acids is 3. The summed E-state index contributed by atoms with van der Waals surface area (Å²) in [5.41, 5.74) is 2.05. The number of benzene rings is 4. The summed E-state index contributed by atoms with van der Waals surface area (Å²) >= 11 is 0.703. The van der Waals surface area contributed by atoms with E-state index in [1.165, 1.54) is 37.5 Å². The first-order valence-electron chi connectivity index (χ1n) is 12.4. The second kappa shape index (κ2) is 11.5. The number of methoxy groups -OCH3 is 1. The van der Waals surface area contributed by atoms with Crippen LogP contribution in [0.25, 0.3) is 16.8 Å². The molecule has 1 N–H and O–H groups in total. The van der Waals surface area contributed by atoms with Crippen LogP contribution in [0.5, 0.6) is 11.5 Å². The maximum Gasteiger partial charge on any atom is 0.339 e. The molecule has 9 nitrogen and oxygen atoms in total. The van der Waals surface area contributed by atoms with E-state index in [0.717, 1.165) is 15.8 Å². The number of nitrogens with zero attached hydrogens (tertiary/aromatic N) is 1. The zero-order valence-electron chi connectivity index (χ0n) is 22.0. The van der Waals surface area contributed by atoms with Gasteiger partial charge in [-0.1, -0.05) is 60.2 Å². The van der Waals surface area contributed by atoms with Crippen molar-refractivity contribution in [1.82, 2.24) is 4.90 Å². The SMILES string of the molecule is COc1cc(/C=C2\SC(=O)N(CC(=O)Nc3ccc(C)cc3)C2=O)ccc1OS(=O)(=O)c1cccc2ccccc12. The number of ether oxygens (including phenoxy) is 1. The second-order valence-electron chi connectivity index (χ2n) is 9.11. The largest absolute Gasteiger partial charge is 0.493 e. The van der Waals surface area contributed by atoms with Crippen LogP contribution in [0.1, 0.15) is 11.1 Å². The molecule has 11 heteroatoms. The van der Waals surface area contributed by atoms with Crippen molar-refractivity contribution in [3.63, 3.8) is 0 Å². The first-order chi connectivity index (χ1) is 19.6. The van der Waals surface area contributed by atoms with E-state index in [1.54, 1.807) is 30.3 Å². The van der Waals surface area contributed by atoms with E-state index < -0.39 is 33.7 Å². The van der Waals surface area contributed by atoms with Crippen LogP contribution in [0, 0.1) is 6.92 Å². The third kappa shape index (κ3) is 6.11. The molecule has 0 saturated carbocycles. The molecular formula is C30H24N2O7S2. The Hall–Kier alpha value is -4.61. The van der Waals surface area contributed by atoms with Gasteiger partial charge in [-0.25, -0.2) is 0 Å². The Labute approximate surface area is 240 Å². The van der Waals surface area contributed by atoms with Gasteiger partial charge in [0.05, 0.1) is 12.0 Å². The van der Waals surface area contributed by atoms with Gasteiger partial charge in [-0.3, -0.25) is 19.3 Å². The van der Waals surface area contributed by atoms with E-state index in [2.05, 4.69) is 5.32 Å². The number of hydrogen-bond donors (Lipinski definition) is 1. The van der Waals surface area contributed by atoms with Crippen molar-refractivity contribution in [1.29, 1.82) is 0 Å². The number of amides is 3. The van der Waals surface area contributed by atoms with Crippen LogP contribution in [-0.2, 0) is 19.7 Å². The summed E-state index contributed by atoms with van der Waals surface area (Å²) in [6.07, 6.45) is 1.47. The highest BCUT2D eigenvalue weighted by Gasteiger charge is 2.36. The Morgan fingerprint density at radius 2 is 1.68 bits per heavy atom. The molecule has 0 bridgehead atoms. The summed E-state index contributed by atoms with van der Waals surface area (Å²) in [5.74, 6) is -1.05. The molecule has 208 valence electrons. The minimum atomic E-state index is -4.21. The highest BCUT2D eigenvalue weighted by Crippen LogP contribution is 2.36. The molecule has 0 aliphatic carbocycles. The standard InChI is InChI=1S/C30H24N2O7S2/c1-19-10-13-22(14-11-19)31-28(33)18-32-29(34)26(40-30(32)35)17-20-12-15-24(25(16-20)38-2)39-41(36,37)27-9-5-7-21-6-3-4-8-23(21)27/h3-17H,18H2,1-2H3,(H,31,33)/b26-17-. The first kappa shape index (κ1) is 27.9. The van der Waals surface area contributed by atoms with Gasteiger partial charge in [-0.15, -0.1) is 0 Å². The lowest BCUT2D eigenvalue weighted by Crippen LogP contribution is -2.36. The molecule has 0 unspecified atom stereocenters. The minimum absolute atomic E-state index is 0.0156. The molecule has 0 spiro atoms. The van der Waals surface area contributed by atoms with Crippen LogP contribution in [0.2, 0.25) is 0 Å². The van der Waals surface area contributed by atoms with Crippen molar-refractivity contribution in [2.45, 2.75) is 11.8 Å². The maximum atomic E-state index is 13.2. The molecule has 3 amide bonds. The third-order valence-electron chi connectivity index (χ3n) is 6.21. The van der Waals surface area contributed by atoms with Gasteiger partial charge in [-0.2, -0.15) is 8.42 Å². The normalized spacial score (nSPS) is 14.5. The number of anilines is 1. The smallest absolute Gasteiger partial charge is 0.339 e. The van der Waals surface area contributed by atoms with Crippen molar-refractivity contribution in [3.8, 4) is 11.5 Å². The van der Waals surface area contributed by atoms with Crippen molar-refractivity contribution in [2.24, 2.45) is 0 Å². The van der Waals surface area contributed by atoms with Crippen LogP contribution in [0.3, 0.4) is 0 Å². The van der Waals surface area contributed by atoms with Crippen LogP contribution >= 0.6 is 11.8 Å². The summed E-state index contributed by atoms with van der Waals surface area (Å²) in [6.45, 7) is 1.49. The first-order valence-corrected chi connectivity index (χ1v) is 14.6. The highest BCUT2D eigenvalue weighted by atomic mass is 32.2. The van der Waals surface area contributed by atoms with Gasteiger partial charge in [0, 0.05) is 11.1 Å². The lowest BCUT2D eigenvalue weighted by molar-refractivity contribution is -0.127. The van der Waals surface area contributed by atoms with Crippen molar-refractivity contribution in [3.05, 3.63) is 101 Å². The Bertz CT molecular complexity index is 1810. The van der Waals surface area contributed by atoms with Gasteiger partial charge in [-0.05, 0) is 66.0 Å². The van der Waals surface area contributed by atoms with E-state index in [9.17, 15) is 22.8 Å². The molecule has 4 aromatic rings. The molecule has 1 heterocycles. The summed E-state index contributed by atoms with van der Waals surface area (Å²) < 4.78 is 37.1. The molecule has 1 aliphatic rings. The fraction of sp³-hybridized carbons (Fsp3) is 0.100. The predicted molar refractivity (Wildman–Crippen MR) is 157 cm³/mol. The maximum absolute atomic E-state index is 13.2. The Morgan fingerprint density at radius 1 is 0.951 bits per heavy atom. The van der Waals surface area contributed by atoms with Gasteiger partial charge < -0.3 is 14.2 Å². The molecule has 0 atom stereocenters. The summed E-state index contributed by atoms with van der Waals surface area (Å²) in [6, 6.07) is 23.6. The Balaban J connectivity index is 1.32. The topological polar surface area (TPSA) is 119 Å². The molecule has 4 aromatic carbocycles. The number of fused-ring (bicyclic) bond motifs is 1. The number of rotatable bonds is 8. The Kier molecular flexibility index (Phi) is 7.82. The monoisotopic (exact) mass is 588 g/mol. The molecule has 5 rings (SSSR count). The highest BCUT2D eigenvalue weighted by molar-refractivity contribution is 8.18. The van der Waals surface area contributed by atoms with Gasteiger partial charge in [0.1, 0.15) is 11.4 Å². The van der Waals surface area contributed by atoms with E-state index in [1.807, 2.05) is 37.3 Å². The zero-order valence-corrected chi connectivity index (χ0v) is 23.6. The van der Waals surface area contributed by atoms with E-state index >= 15 is 0 Å². The third-order valence-corrected chi connectivity index (χ3v) is 8.42. The summed E-state index contributed by atoms with van der Waals surface area (Å²) in [7, 11) is -2.85. The average molecular weight is 589 g/mol. The lowest BCUT2D eigenvalue weighted by atomic mass is 10.1. The quantitative estimate of drug-likeness (QED) is 0.209. The molecule has 1 saturated heterocycles. The lowest BCUT2D eigenvalue weighted by Gasteiger charge is -2.13. The van der Waals surface area contributed by atoms with Crippen LogP contribution < -0.4 is 14.2 Å². The van der Waals surface area contributed by atoms with Gasteiger partial charge in [0.25, 0.3) is 11.1 Å². The Morgan fingerprint density at radius 3 is 2.44 bits per heavy atom. The van der Waals surface area contributed by atoms with E-state index in [0.29, 0.717) is 28.4 Å². The predicted octanol–water partition coefficient (Wildman–Crippen LogP) is 5.60. The fourth-order valence-corrected chi connectivity index (χ4v) is 6.19. The van der Waals surface area contributed by atoms with Gasteiger partial charge >= 0.3 is 10.1 Å².